The van der Waals surface area contributed by atoms with Gasteiger partial charge < -0.3 is 14.6 Å². The second-order valence-corrected chi connectivity index (χ2v) is 8.08. The number of nitrogens with one attached hydrogen (secondary N) is 1. The Labute approximate surface area is 159 Å². The van der Waals surface area contributed by atoms with Crippen molar-refractivity contribution < 1.29 is 23.0 Å². The third-order valence-electron chi connectivity index (χ3n) is 4.32. The first kappa shape index (κ1) is 17.9. The molecule has 28 heavy (non-hydrogen) atoms. The minimum atomic E-state index is -3.83. The van der Waals surface area contributed by atoms with Crippen molar-refractivity contribution in [2.45, 2.75) is 11.8 Å². The van der Waals surface area contributed by atoms with Gasteiger partial charge in [-0.2, -0.15) is 0 Å². The average Bonchev–Trinajstić information content (AvgIpc) is 2.62. The van der Waals surface area contributed by atoms with Crippen LogP contribution in [0.4, 0.5) is 5.69 Å². The maximum absolute atomic E-state index is 12.8. The van der Waals surface area contributed by atoms with Gasteiger partial charge in [0.05, 0.1) is 10.3 Å². The number of benzene rings is 3. The van der Waals surface area contributed by atoms with Gasteiger partial charge in [-0.25, -0.2) is 8.42 Å². The zero-order chi connectivity index (χ0) is 20.1. The summed E-state index contributed by atoms with van der Waals surface area (Å²) in [5.74, 6) is -0.661. The van der Waals surface area contributed by atoms with E-state index < -0.39 is 21.2 Å². The molecule has 0 saturated heterocycles. The largest absolute Gasteiger partial charge is 0.508 e. The Hall–Kier alpha value is -3.52. The van der Waals surface area contributed by atoms with Crippen LogP contribution in [0.1, 0.15) is 5.56 Å². The summed E-state index contributed by atoms with van der Waals surface area (Å²) in [4.78, 5) is 12.9. The number of aromatic hydroxyl groups is 2. The van der Waals surface area contributed by atoms with Crippen LogP contribution in [0, 0.1) is 6.92 Å². The minimum absolute atomic E-state index is 0.0305. The van der Waals surface area contributed by atoms with Crippen LogP contribution < -0.4 is 10.2 Å². The average molecular weight is 397 g/mol. The summed E-state index contributed by atoms with van der Waals surface area (Å²) >= 11 is 0. The summed E-state index contributed by atoms with van der Waals surface area (Å²) in [7, 11) is -3.83. The van der Waals surface area contributed by atoms with E-state index in [2.05, 4.69) is 4.72 Å². The number of phenols is 2. The standard InChI is InChI=1S/C20H15NO6S/c1-11-2-5-14(6-3-11)28(25,26)21-12-4-7-17-15(8-12)20(24)19-16(23)9-13(22)10-18(19)27-17/h2-10,21-23H,1H3. The van der Waals surface area contributed by atoms with Crippen molar-refractivity contribution in [3.05, 3.63) is 70.4 Å². The van der Waals surface area contributed by atoms with E-state index in [0.29, 0.717) is 0 Å². The first-order valence-electron chi connectivity index (χ1n) is 8.27. The Kier molecular flexibility index (Phi) is 4.01. The summed E-state index contributed by atoms with van der Waals surface area (Å²) in [6, 6.07) is 12.9. The van der Waals surface area contributed by atoms with Gasteiger partial charge in [-0.1, -0.05) is 17.7 Å². The third-order valence-corrected chi connectivity index (χ3v) is 5.72. The molecule has 3 N–H and O–H groups in total. The lowest BCUT2D eigenvalue weighted by Crippen LogP contribution is -2.13. The number of phenolic OH excluding ortho intramolecular Hbond substituents is 2. The Bertz CT molecular complexity index is 1390. The quantitative estimate of drug-likeness (QED) is 0.456. The highest BCUT2D eigenvalue weighted by Crippen LogP contribution is 2.30. The maximum Gasteiger partial charge on any atom is 0.261 e. The number of sulfonamides is 1. The van der Waals surface area contributed by atoms with Gasteiger partial charge in [0, 0.05) is 17.8 Å². The molecule has 0 unspecified atom stereocenters. The summed E-state index contributed by atoms with van der Waals surface area (Å²) in [5.41, 5.74) is 0.798. The topological polar surface area (TPSA) is 117 Å². The molecular formula is C20H15NO6S. The fraction of sp³-hybridized carbons (Fsp3) is 0.0500. The van der Waals surface area contributed by atoms with Crippen molar-refractivity contribution in [2.75, 3.05) is 4.72 Å². The minimum Gasteiger partial charge on any atom is -0.508 e. The fourth-order valence-corrected chi connectivity index (χ4v) is 3.99. The van der Waals surface area contributed by atoms with Crippen LogP contribution in [0.15, 0.2) is 68.7 Å². The van der Waals surface area contributed by atoms with Crippen molar-refractivity contribution in [3.8, 4) is 11.5 Å². The fourth-order valence-electron chi connectivity index (χ4n) is 2.94. The smallest absolute Gasteiger partial charge is 0.261 e. The van der Waals surface area contributed by atoms with E-state index in [9.17, 15) is 23.4 Å². The van der Waals surface area contributed by atoms with E-state index in [0.717, 1.165) is 11.6 Å². The molecule has 1 heterocycles. The molecule has 0 radical (unpaired) electrons. The predicted octanol–water partition coefficient (Wildman–Crippen LogP) is 3.47. The lowest BCUT2D eigenvalue weighted by atomic mass is 10.1. The molecule has 142 valence electrons. The molecule has 0 bridgehead atoms. The highest BCUT2D eigenvalue weighted by molar-refractivity contribution is 7.92. The number of fused-ring (bicyclic) bond motifs is 2. The van der Waals surface area contributed by atoms with Crippen molar-refractivity contribution >= 4 is 37.6 Å². The monoisotopic (exact) mass is 397 g/mol. The zero-order valence-electron chi connectivity index (χ0n) is 14.6. The first-order chi connectivity index (χ1) is 13.2. The number of aryl methyl sites for hydroxylation is 1. The highest BCUT2D eigenvalue weighted by Gasteiger charge is 2.17. The van der Waals surface area contributed by atoms with Crippen molar-refractivity contribution in [1.29, 1.82) is 0 Å². The molecule has 0 amide bonds. The predicted molar refractivity (Wildman–Crippen MR) is 105 cm³/mol. The highest BCUT2D eigenvalue weighted by atomic mass is 32.2. The molecule has 1 aromatic heterocycles. The van der Waals surface area contributed by atoms with Gasteiger partial charge in [0.15, 0.2) is 0 Å². The third kappa shape index (κ3) is 3.03. The Balaban J connectivity index is 1.83. The molecule has 7 nitrogen and oxygen atoms in total. The molecule has 0 saturated carbocycles. The molecule has 0 fully saturated rings. The number of hydrogen-bond acceptors (Lipinski definition) is 6. The van der Waals surface area contributed by atoms with Gasteiger partial charge in [-0.3, -0.25) is 9.52 Å². The molecule has 0 aliphatic rings. The second kappa shape index (κ2) is 6.28. The summed E-state index contributed by atoms with van der Waals surface area (Å²) in [6.07, 6.45) is 0. The lowest BCUT2D eigenvalue weighted by molar-refractivity contribution is 0.453. The molecule has 4 aromatic rings. The number of anilines is 1. The van der Waals surface area contributed by atoms with Gasteiger partial charge in [0.2, 0.25) is 5.43 Å². The molecule has 0 aliphatic carbocycles. The summed E-state index contributed by atoms with van der Waals surface area (Å²) in [5, 5.41) is 19.6. The van der Waals surface area contributed by atoms with Gasteiger partial charge in [-0.05, 0) is 37.3 Å². The van der Waals surface area contributed by atoms with Crippen LogP contribution in [-0.4, -0.2) is 18.6 Å². The van der Waals surface area contributed by atoms with Crippen LogP contribution in [-0.2, 0) is 10.0 Å². The molecule has 0 spiro atoms. The molecule has 8 heteroatoms. The van der Waals surface area contributed by atoms with Crippen molar-refractivity contribution in [3.63, 3.8) is 0 Å². The van der Waals surface area contributed by atoms with E-state index in [1.165, 1.54) is 36.4 Å². The maximum atomic E-state index is 12.8. The van der Waals surface area contributed by atoms with E-state index in [1.807, 2.05) is 6.92 Å². The Morgan fingerprint density at radius 3 is 2.36 bits per heavy atom. The van der Waals surface area contributed by atoms with E-state index in [4.69, 9.17) is 4.42 Å². The first-order valence-corrected chi connectivity index (χ1v) is 9.75. The van der Waals surface area contributed by atoms with Crippen LogP contribution in [0.5, 0.6) is 11.5 Å². The lowest BCUT2D eigenvalue weighted by Gasteiger charge is -2.10. The van der Waals surface area contributed by atoms with E-state index in [1.54, 1.807) is 12.1 Å². The number of rotatable bonds is 3. The van der Waals surface area contributed by atoms with Crippen molar-refractivity contribution in [2.24, 2.45) is 0 Å². The molecule has 4 rings (SSSR count). The van der Waals surface area contributed by atoms with Gasteiger partial charge in [-0.15, -0.1) is 0 Å². The Morgan fingerprint density at radius 2 is 1.64 bits per heavy atom. The van der Waals surface area contributed by atoms with Gasteiger partial charge in [0.1, 0.15) is 28.1 Å². The zero-order valence-corrected chi connectivity index (χ0v) is 15.4. The summed E-state index contributed by atoms with van der Waals surface area (Å²) in [6.45, 7) is 1.85. The van der Waals surface area contributed by atoms with Crippen LogP contribution in [0.2, 0.25) is 0 Å². The molecular weight excluding hydrogens is 382 g/mol. The van der Waals surface area contributed by atoms with Gasteiger partial charge >= 0.3 is 0 Å². The molecule has 0 atom stereocenters. The molecule has 0 aliphatic heterocycles. The van der Waals surface area contributed by atoms with E-state index >= 15 is 0 Å². The Morgan fingerprint density at radius 1 is 0.929 bits per heavy atom. The normalized spacial score (nSPS) is 11.8. The SMILES string of the molecule is Cc1ccc(S(=O)(=O)Nc2ccc3oc4cc(O)cc(O)c4c(=O)c3c2)cc1. The van der Waals surface area contributed by atoms with Crippen molar-refractivity contribution in [1.82, 2.24) is 0 Å². The van der Waals surface area contributed by atoms with Crippen LogP contribution in [0.25, 0.3) is 21.9 Å². The summed E-state index contributed by atoms with van der Waals surface area (Å²) < 4.78 is 33.1. The molecule has 3 aromatic carbocycles. The second-order valence-electron chi connectivity index (χ2n) is 6.40. The van der Waals surface area contributed by atoms with Crippen LogP contribution in [0.3, 0.4) is 0 Å². The number of hydrogen-bond donors (Lipinski definition) is 3. The van der Waals surface area contributed by atoms with E-state index in [-0.39, 0.29) is 38.3 Å². The van der Waals surface area contributed by atoms with Crippen LogP contribution >= 0.6 is 0 Å². The van der Waals surface area contributed by atoms with Gasteiger partial charge in [0.25, 0.3) is 10.0 Å².